The number of aromatic carboxylic acids is 1. The second kappa shape index (κ2) is 9.17. The monoisotopic (exact) mass is 399 g/mol. The van der Waals surface area contributed by atoms with Crippen molar-refractivity contribution >= 4 is 29.2 Å². The summed E-state index contributed by atoms with van der Waals surface area (Å²) in [5.74, 6) is -1.89. The van der Waals surface area contributed by atoms with Crippen molar-refractivity contribution in [2.45, 2.75) is 6.42 Å². The number of benzene rings is 3. The molecule has 0 fully saturated rings. The van der Waals surface area contributed by atoms with Gasteiger partial charge in [0.15, 0.2) is 0 Å². The van der Waals surface area contributed by atoms with E-state index in [1.165, 1.54) is 6.07 Å². The lowest BCUT2D eigenvalue weighted by atomic mass is 9.95. The highest BCUT2D eigenvalue weighted by atomic mass is 16.4. The van der Waals surface area contributed by atoms with Crippen molar-refractivity contribution in [3.05, 3.63) is 83.9 Å². The Morgan fingerprint density at radius 2 is 1.27 bits per heavy atom. The predicted octanol–water partition coefficient (Wildman–Crippen LogP) is 4.16. The highest BCUT2D eigenvalue weighted by molar-refractivity contribution is 6.10. The number of amides is 2. The number of carboxylic acids is 1. The van der Waals surface area contributed by atoms with Crippen LogP contribution in [0.4, 0.5) is 11.4 Å². The quantitative estimate of drug-likeness (QED) is 0.575. The van der Waals surface area contributed by atoms with E-state index in [1.54, 1.807) is 72.8 Å². The molecule has 0 spiro atoms. The van der Waals surface area contributed by atoms with Gasteiger partial charge in [-0.25, -0.2) is 4.79 Å². The molecule has 0 aromatic heterocycles. The van der Waals surface area contributed by atoms with Crippen LogP contribution in [0.15, 0.2) is 72.8 Å². The van der Waals surface area contributed by atoms with E-state index in [1.807, 2.05) is 0 Å². The van der Waals surface area contributed by atoms with Crippen molar-refractivity contribution < 1.29 is 19.5 Å². The van der Waals surface area contributed by atoms with Gasteiger partial charge in [0.1, 0.15) is 6.42 Å². The molecule has 3 N–H and O–H groups in total. The topological polar surface area (TPSA) is 119 Å². The Balaban J connectivity index is 1.83. The second-order valence-corrected chi connectivity index (χ2v) is 6.31. The van der Waals surface area contributed by atoms with Crippen LogP contribution in [0.2, 0.25) is 0 Å². The number of carbonyl (C=O) groups excluding carboxylic acids is 2. The summed E-state index contributed by atoms with van der Waals surface area (Å²) in [6, 6.07) is 21.5. The molecule has 0 unspecified atom stereocenters. The van der Waals surface area contributed by atoms with Crippen molar-refractivity contribution in [3.8, 4) is 17.2 Å². The molecule has 3 rings (SSSR count). The summed E-state index contributed by atoms with van der Waals surface area (Å²) in [5, 5.41) is 23.3. The summed E-state index contributed by atoms with van der Waals surface area (Å²) in [5.41, 5.74) is 2.40. The van der Waals surface area contributed by atoms with E-state index >= 15 is 0 Å². The number of nitrogens with zero attached hydrogens (tertiary/aromatic N) is 1. The van der Waals surface area contributed by atoms with Gasteiger partial charge in [-0.05, 0) is 47.5 Å². The van der Waals surface area contributed by atoms with Crippen LogP contribution in [0.1, 0.15) is 27.1 Å². The highest BCUT2D eigenvalue weighted by Crippen LogP contribution is 2.28. The fraction of sp³-hybridized carbons (Fsp3) is 0.0435. The maximum absolute atomic E-state index is 12.9. The first-order valence-electron chi connectivity index (χ1n) is 8.99. The van der Waals surface area contributed by atoms with Gasteiger partial charge in [-0.3, -0.25) is 9.59 Å². The third-order valence-corrected chi connectivity index (χ3v) is 4.29. The average molecular weight is 399 g/mol. The van der Waals surface area contributed by atoms with Crippen molar-refractivity contribution in [1.82, 2.24) is 0 Å². The van der Waals surface area contributed by atoms with E-state index in [9.17, 15) is 19.5 Å². The highest BCUT2D eigenvalue weighted by Gasteiger charge is 2.17. The van der Waals surface area contributed by atoms with Crippen LogP contribution in [0.5, 0.6) is 0 Å². The molecular weight excluding hydrogens is 382 g/mol. The maximum atomic E-state index is 12.9. The van der Waals surface area contributed by atoms with Crippen LogP contribution in [-0.4, -0.2) is 22.9 Å². The maximum Gasteiger partial charge on any atom is 0.336 e. The molecule has 0 atom stereocenters. The Kier molecular flexibility index (Phi) is 6.20. The van der Waals surface area contributed by atoms with Gasteiger partial charge >= 0.3 is 5.97 Å². The number of anilines is 2. The van der Waals surface area contributed by atoms with Gasteiger partial charge < -0.3 is 15.7 Å². The minimum absolute atomic E-state index is 0.107. The Morgan fingerprint density at radius 3 is 1.83 bits per heavy atom. The summed E-state index contributed by atoms with van der Waals surface area (Å²) in [6.45, 7) is 0. The van der Waals surface area contributed by atoms with Crippen LogP contribution < -0.4 is 10.6 Å². The Bertz CT molecular complexity index is 1150. The standard InChI is InChI=1S/C23H17N3O4/c24-14-13-21(27)25-15-9-11-16(12-10-15)26-22(28)19-7-3-1-5-17(19)18-6-2-4-8-20(18)23(29)30/h1-12H,13H2,(H,25,27)(H,26,28)(H,29,30). The molecule has 0 radical (unpaired) electrons. The lowest BCUT2D eigenvalue weighted by Crippen LogP contribution is -2.14. The van der Waals surface area contributed by atoms with Crippen molar-refractivity contribution in [1.29, 1.82) is 5.26 Å². The zero-order chi connectivity index (χ0) is 21.5. The molecule has 2 amide bonds. The lowest BCUT2D eigenvalue weighted by Gasteiger charge is -2.13. The number of rotatable bonds is 6. The lowest BCUT2D eigenvalue weighted by molar-refractivity contribution is -0.115. The van der Waals surface area contributed by atoms with E-state index in [-0.39, 0.29) is 12.0 Å². The van der Waals surface area contributed by atoms with Crippen molar-refractivity contribution in [2.24, 2.45) is 0 Å². The van der Waals surface area contributed by atoms with Crippen LogP contribution in [0.25, 0.3) is 11.1 Å². The van der Waals surface area contributed by atoms with E-state index in [4.69, 9.17) is 5.26 Å². The molecule has 0 aliphatic heterocycles. The SMILES string of the molecule is N#CCC(=O)Nc1ccc(NC(=O)c2ccccc2-c2ccccc2C(=O)O)cc1. The van der Waals surface area contributed by atoms with Gasteiger partial charge in [-0.15, -0.1) is 0 Å². The zero-order valence-corrected chi connectivity index (χ0v) is 15.8. The largest absolute Gasteiger partial charge is 0.478 e. The van der Waals surface area contributed by atoms with Gasteiger partial charge in [0.05, 0.1) is 11.6 Å². The average Bonchev–Trinajstić information content (AvgIpc) is 2.75. The number of hydrogen-bond acceptors (Lipinski definition) is 4. The third-order valence-electron chi connectivity index (χ3n) is 4.29. The zero-order valence-electron chi connectivity index (χ0n) is 15.8. The van der Waals surface area contributed by atoms with Gasteiger partial charge in [-0.1, -0.05) is 36.4 Å². The number of hydrogen-bond donors (Lipinski definition) is 3. The molecule has 148 valence electrons. The van der Waals surface area contributed by atoms with E-state index in [0.29, 0.717) is 28.1 Å². The molecular formula is C23H17N3O4. The Hall–Kier alpha value is -4.44. The second-order valence-electron chi connectivity index (χ2n) is 6.31. The van der Waals surface area contributed by atoms with E-state index in [0.717, 1.165) is 0 Å². The number of carboxylic acid groups (broad SMARTS) is 1. The van der Waals surface area contributed by atoms with Gasteiger partial charge in [0, 0.05) is 16.9 Å². The van der Waals surface area contributed by atoms with Crippen LogP contribution in [0, 0.1) is 11.3 Å². The molecule has 0 heterocycles. The van der Waals surface area contributed by atoms with Gasteiger partial charge in [0.2, 0.25) is 5.91 Å². The number of nitrogens with one attached hydrogen (secondary N) is 2. The number of nitriles is 1. The van der Waals surface area contributed by atoms with Crippen LogP contribution in [-0.2, 0) is 4.79 Å². The summed E-state index contributed by atoms with van der Waals surface area (Å²) < 4.78 is 0. The summed E-state index contributed by atoms with van der Waals surface area (Å²) in [4.78, 5) is 35.9. The number of carbonyl (C=O) groups is 3. The van der Waals surface area contributed by atoms with Gasteiger partial charge in [-0.2, -0.15) is 5.26 Å². The molecule has 7 heteroatoms. The molecule has 3 aromatic rings. The smallest absolute Gasteiger partial charge is 0.336 e. The van der Waals surface area contributed by atoms with E-state index < -0.39 is 17.8 Å². The Labute approximate surface area is 172 Å². The predicted molar refractivity (Wildman–Crippen MR) is 112 cm³/mol. The Morgan fingerprint density at radius 1 is 0.767 bits per heavy atom. The molecule has 0 saturated heterocycles. The summed E-state index contributed by atoms with van der Waals surface area (Å²) in [6.07, 6.45) is -0.243. The first-order chi connectivity index (χ1) is 14.5. The van der Waals surface area contributed by atoms with Crippen LogP contribution in [0.3, 0.4) is 0 Å². The van der Waals surface area contributed by atoms with E-state index in [2.05, 4.69) is 10.6 Å². The molecule has 0 saturated carbocycles. The van der Waals surface area contributed by atoms with Crippen molar-refractivity contribution in [3.63, 3.8) is 0 Å². The fourth-order valence-corrected chi connectivity index (χ4v) is 2.93. The molecule has 7 nitrogen and oxygen atoms in total. The molecule has 30 heavy (non-hydrogen) atoms. The molecule has 0 aliphatic carbocycles. The fourth-order valence-electron chi connectivity index (χ4n) is 2.93. The minimum atomic E-state index is -1.07. The van der Waals surface area contributed by atoms with Crippen molar-refractivity contribution in [2.75, 3.05) is 10.6 Å². The summed E-state index contributed by atoms with van der Waals surface area (Å²) in [7, 11) is 0. The normalized spacial score (nSPS) is 9.97. The first-order valence-corrected chi connectivity index (χ1v) is 8.99. The minimum Gasteiger partial charge on any atom is -0.478 e. The molecule has 0 aliphatic rings. The summed E-state index contributed by atoms with van der Waals surface area (Å²) >= 11 is 0. The molecule has 3 aromatic carbocycles. The van der Waals surface area contributed by atoms with Crippen LogP contribution >= 0.6 is 0 Å². The van der Waals surface area contributed by atoms with Gasteiger partial charge in [0.25, 0.3) is 5.91 Å². The third kappa shape index (κ3) is 4.69. The molecule has 0 bridgehead atoms. The first kappa shape index (κ1) is 20.3.